The van der Waals surface area contributed by atoms with Crippen LogP contribution in [0.1, 0.15) is 39.0 Å². The number of likely N-dealkylation sites (N-methyl/N-ethyl adjacent to an activating group) is 1. The van der Waals surface area contributed by atoms with Gasteiger partial charge in [0.1, 0.15) is 0 Å². The summed E-state index contributed by atoms with van der Waals surface area (Å²) in [5, 5.41) is 8.99. The van der Waals surface area contributed by atoms with Crippen molar-refractivity contribution in [3.05, 3.63) is 0 Å². The molecule has 0 aliphatic heterocycles. The lowest BCUT2D eigenvalue weighted by Gasteiger charge is -2.36. The first-order chi connectivity index (χ1) is 7.22. The maximum atomic E-state index is 8.99. The third-order valence-corrected chi connectivity index (χ3v) is 4.51. The Bertz CT molecular complexity index is 212. The molecule has 0 saturated heterocycles. The fraction of sp³-hybridized carbons (Fsp3) is 1.00. The Morgan fingerprint density at radius 1 is 1.40 bits per heavy atom. The smallest absolute Gasteiger partial charge is 0.0558 e. The van der Waals surface area contributed by atoms with Crippen molar-refractivity contribution in [1.29, 1.82) is 0 Å². The molecule has 0 aromatic carbocycles. The molecule has 2 saturated carbocycles. The Labute approximate surface area is 92.6 Å². The van der Waals surface area contributed by atoms with Crippen LogP contribution in [0, 0.1) is 5.41 Å². The van der Waals surface area contributed by atoms with Gasteiger partial charge in [-0.1, -0.05) is 6.92 Å². The van der Waals surface area contributed by atoms with Crippen LogP contribution in [0.2, 0.25) is 0 Å². The van der Waals surface area contributed by atoms with Gasteiger partial charge >= 0.3 is 0 Å². The number of nitrogens with two attached hydrogens (primary N) is 1. The summed E-state index contributed by atoms with van der Waals surface area (Å²) in [5.41, 5.74) is 6.53. The molecule has 0 amide bonds. The molecule has 3 N–H and O–H groups in total. The highest BCUT2D eigenvalue weighted by Crippen LogP contribution is 2.55. The van der Waals surface area contributed by atoms with E-state index in [0.29, 0.717) is 17.5 Å². The fourth-order valence-electron chi connectivity index (χ4n) is 3.22. The third kappa shape index (κ3) is 2.19. The van der Waals surface area contributed by atoms with Crippen molar-refractivity contribution >= 4 is 0 Å². The van der Waals surface area contributed by atoms with E-state index in [-0.39, 0.29) is 6.61 Å². The highest BCUT2D eigenvalue weighted by atomic mass is 16.3. The summed E-state index contributed by atoms with van der Waals surface area (Å²) in [7, 11) is 0. The second-order valence-corrected chi connectivity index (χ2v) is 5.26. The van der Waals surface area contributed by atoms with Gasteiger partial charge < -0.3 is 10.8 Å². The predicted molar refractivity (Wildman–Crippen MR) is 61.6 cm³/mol. The molecule has 0 bridgehead atoms. The summed E-state index contributed by atoms with van der Waals surface area (Å²) in [5.74, 6) is 0. The van der Waals surface area contributed by atoms with Crippen molar-refractivity contribution in [2.45, 2.75) is 51.1 Å². The van der Waals surface area contributed by atoms with Crippen LogP contribution in [0.4, 0.5) is 0 Å². The minimum atomic E-state index is 0.287. The predicted octanol–water partition coefficient (Wildman–Crippen LogP) is 0.961. The van der Waals surface area contributed by atoms with Crippen molar-refractivity contribution < 1.29 is 5.11 Å². The van der Waals surface area contributed by atoms with Crippen LogP contribution in [0.15, 0.2) is 0 Å². The van der Waals surface area contributed by atoms with Crippen molar-refractivity contribution in [2.75, 3.05) is 19.7 Å². The minimum absolute atomic E-state index is 0.287. The van der Waals surface area contributed by atoms with E-state index in [1.807, 2.05) is 0 Å². The number of nitrogens with zero attached hydrogens (tertiary/aromatic N) is 1. The summed E-state index contributed by atoms with van der Waals surface area (Å²) in [6, 6.07) is 1.19. The standard InChI is InChI=1S/C12H24N2O/c1-2-14(7-8-15)10-3-5-12(6-4-10)9-11(12)13/h10-11,15H,2-9,13H2,1H3. The minimum Gasteiger partial charge on any atom is -0.395 e. The lowest BCUT2D eigenvalue weighted by Crippen LogP contribution is -2.40. The van der Waals surface area contributed by atoms with Crippen molar-refractivity contribution in [3.8, 4) is 0 Å². The molecule has 2 aliphatic rings. The summed E-state index contributed by atoms with van der Waals surface area (Å²) in [6.45, 7) is 4.36. The molecule has 2 rings (SSSR count). The van der Waals surface area contributed by atoms with E-state index in [2.05, 4.69) is 11.8 Å². The van der Waals surface area contributed by atoms with Crippen LogP contribution in [0.5, 0.6) is 0 Å². The molecule has 88 valence electrons. The molecule has 0 aromatic heterocycles. The lowest BCUT2D eigenvalue weighted by atomic mass is 9.82. The summed E-state index contributed by atoms with van der Waals surface area (Å²) in [6.07, 6.45) is 6.43. The van der Waals surface area contributed by atoms with Gasteiger partial charge in [0, 0.05) is 18.6 Å². The van der Waals surface area contributed by atoms with Gasteiger partial charge in [-0.15, -0.1) is 0 Å². The first kappa shape index (κ1) is 11.4. The van der Waals surface area contributed by atoms with Gasteiger partial charge in [0.05, 0.1) is 6.61 Å². The Hall–Kier alpha value is -0.120. The zero-order valence-corrected chi connectivity index (χ0v) is 9.78. The number of hydrogen-bond acceptors (Lipinski definition) is 3. The van der Waals surface area contributed by atoms with Crippen LogP contribution < -0.4 is 5.73 Å². The van der Waals surface area contributed by atoms with Crippen LogP contribution in [0.3, 0.4) is 0 Å². The van der Waals surface area contributed by atoms with Crippen LogP contribution in [-0.4, -0.2) is 41.8 Å². The highest BCUT2D eigenvalue weighted by molar-refractivity contribution is 5.08. The Morgan fingerprint density at radius 3 is 2.40 bits per heavy atom. The van der Waals surface area contributed by atoms with E-state index < -0.39 is 0 Å². The number of hydrogen-bond donors (Lipinski definition) is 2. The molecule has 15 heavy (non-hydrogen) atoms. The lowest BCUT2D eigenvalue weighted by molar-refractivity contribution is 0.110. The first-order valence-electron chi connectivity index (χ1n) is 6.32. The molecule has 1 atom stereocenters. The van der Waals surface area contributed by atoms with Crippen LogP contribution in [0.25, 0.3) is 0 Å². The normalized spacial score (nSPS) is 40.0. The van der Waals surface area contributed by atoms with Crippen LogP contribution in [-0.2, 0) is 0 Å². The molecule has 1 spiro atoms. The average molecular weight is 212 g/mol. The van der Waals surface area contributed by atoms with E-state index in [1.54, 1.807) is 0 Å². The van der Waals surface area contributed by atoms with Gasteiger partial charge in [0.2, 0.25) is 0 Å². The Balaban J connectivity index is 1.81. The topological polar surface area (TPSA) is 49.5 Å². The van der Waals surface area contributed by atoms with Crippen molar-refractivity contribution in [1.82, 2.24) is 4.90 Å². The van der Waals surface area contributed by atoms with E-state index >= 15 is 0 Å². The zero-order chi connectivity index (χ0) is 10.9. The van der Waals surface area contributed by atoms with Crippen LogP contribution >= 0.6 is 0 Å². The molecule has 0 radical (unpaired) electrons. The summed E-state index contributed by atoms with van der Waals surface area (Å²) in [4.78, 5) is 2.42. The largest absolute Gasteiger partial charge is 0.395 e. The fourth-order valence-corrected chi connectivity index (χ4v) is 3.22. The van der Waals surface area contributed by atoms with E-state index in [1.165, 1.54) is 32.1 Å². The zero-order valence-electron chi connectivity index (χ0n) is 9.78. The maximum Gasteiger partial charge on any atom is 0.0558 e. The number of aliphatic hydroxyl groups excluding tert-OH is 1. The SMILES string of the molecule is CCN(CCO)C1CCC2(CC1)CC2N. The summed E-state index contributed by atoms with van der Waals surface area (Å²) < 4.78 is 0. The van der Waals surface area contributed by atoms with E-state index in [0.717, 1.165) is 13.1 Å². The Morgan fingerprint density at radius 2 is 2.00 bits per heavy atom. The van der Waals surface area contributed by atoms with Crippen molar-refractivity contribution in [2.24, 2.45) is 11.1 Å². The van der Waals surface area contributed by atoms with Gasteiger partial charge in [-0.2, -0.15) is 0 Å². The quantitative estimate of drug-likeness (QED) is 0.730. The highest BCUT2D eigenvalue weighted by Gasteiger charge is 2.53. The molecular weight excluding hydrogens is 188 g/mol. The molecular formula is C12H24N2O. The monoisotopic (exact) mass is 212 g/mol. The maximum absolute atomic E-state index is 8.99. The molecule has 1 unspecified atom stereocenters. The average Bonchev–Trinajstić information content (AvgIpc) is 2.87. The van der Waals surface area contributed by atoms with E-state index in [9.17, 15) is 0 Å². The number of aliphatic hydroxyl groups is 1. The molecule has 3 nitrogen and oxygen atoms in total. The second kappa shape index (κ2) is 4.40. The van der Waals surface area contributed by atoms with E-state index in [4.69, 9.17) is 10.8 Å². The molecule has 0 aromatic rings. The van der Waals surface area contributed by atoms with Gasteiger partial charge in [-0.25, -0.2) is 0 Å². The molecule has 2 aliphatic carbocycles. The Kier molecular flexibility index (Phi) is 3.33. The molecule has 3 heteroatoms. The summed E-state index contributed by atoms with van der Waals surface area (Å²) >= 11 is 0. The first-order valence-corrected chi connectivity index (χ1v) is 6.32. The van der Waals surface area contributed by atoms with Gasteiger partial charge in [0.15, 0.2) is 0 Å². The van der Waals surface area contributed by atoms with Gasteiger partial charge in [0.25, 0.3) is 0 Å². The number of rotatable bonds is 4. The van der Waals surface area contributed by atoms with Crippen molar-refractivity contribution in [3.63, 3.8) is 0 Å². The third-order valence-electron chi connectivity index (χ3n) is 4.51. The molecule has 0 heterocycles. The molecule has 2 fully saturated rings. The second-order valence-electron chi connectivity index (χ2n) is 5.26. The van der Waals surface area contributed by atoms with Gasteiger partial charge in [-0.3, -0.25) is 4.90 Å². The van der Waals surface area contributed by atoms with Gasteiger partial charge in [-0.05, 0) is 44.1 Å².